The maximum atomic E-state index is 12.0. The minimum Gasteiger partial charge on any atom is -0.455 e. The number of carbonyl (C=O) groups excluding carboxylic acids is 2. The Hall–Kier alpha value is -1.77. The number of carbonyl (C=O) groups is 2. The quantitative estimate of drug-likeness (QED) is 0.232. The van der Waals surface area contributed by atoms with Gasteiger partial charge in [-0.25, -0.2) is 4.98 Å². The zero-order valence-electron chi connectivity index (χ0n) is 15.6. The SMILES string of the molecule is Cc1ccc(-c2csc(NC(=O)COC(=O)CSc3ccc(Cl)c(Cl)c3Cl)n2)cc1. The van der Waals surface area contributed by atoms with E-state index in [9.17, 15) is 9.59 Å². The molecule has 0 unspecified atom stereocenters. The van der Waals surface area contributed by atoms with Crippen LogP contribution < -0.4 is 5.32 Å². The summed E-state index contributed by atoms with van der Waals surface area (Å²) in [5.74, 6) is -1.05. The van der Waals surface area contributed by atoms with Crippen molar-refractivity contribution in [1.82, 2.24) is 4.98 Å². The van der Waals surface area contributed by atoms with Crippen LogP contribution in [0.3, 0.4) is 0 Å². The van der Waals surface area contributed by atoms with Gasteiger partial charge in [0.2, 0.25) is 0 Å². The molecule has 0 spiro atoms. The molecule has 1 heterocycles. The zero-order valence-corrected chi connectivity index (χ0v) is 19.5. The molecule has 0 radical (unpaired) electrons. The van der Waals surface area contributed by atoms with Crippen LogP contribution in [0.2, 0.25) is 15.1 Å². The molecule has 3 rings (SSSR count). The molecule has 0 bridgehead atoms. The highest BCUT2D eigenvalue weighted by Crippen LogP contribution is 2.37. The predicted octanol–water partition coefficient (Wildman–Crippen LogP) is 6.35. The minimum atomic E-state index is -0.559. The molecule has 2 aromatic carbocycles. The van der Waals surface area contributed by atoms with E-state index in [2.05, 4.69) is 10.3 Å². The molecule has 1 aromatic heterocycles. The van der Waals surface area contributed by atoms with Gasteiger partial charge in [-0.2, -0.15) is 0 Å². The van der Waals surface area contributed by atoms with Crippen molar-refractivity contribution in [2.45, 2.75) is 11.8 Å². The Morgan fingerprint density at radius 1 is 1.10 bits per heavy atom. The van der Waals surface area contributed by atoms with Crippen LogP contribution in [0, 0.1) is 6.92 Å². The number of nitrogens with one attached hydrogen (secondary N) is 1. The summed E-state index contributed by atoms with van der Waals surface area (Å²) in [6, 6.07) is 11.2. The number of aromatic nitrogens is 1. The molecule has 0 atom stereocenters. The third kappa shape index (κ3) is 6.12. The Morgan fingerprint density at radius 2 is 1.83 bits per heavy atom. The Bertz CT molecular complexity index is 1070. The number of thiazole rings is 1. The van der Waals surface area contributed by atoms with E-state index in [0.29, 0.717) is 15.0 Å². The predicted molar refractivity (Wildman–Crippen MR) is 124 cm³/mol. The van der Waals surface area contributed by atoms with Gasteiger partial charge in [-0.3, -0.25) is 14.9 Å². The number of benzene rings is 2. The van der Waals surface area contributed by atoms with E-state index in [1.807, 2.05) is 36.6 Å². The van der Waals surface area contributed by atoms with E-state index in [1.54, 1.807) is 12.1 Å². The Kier molecular flexibility index (Phi) is 8.02. The molecular weight excluding hydrogens is 487 g/mol. The first-order chi connectivity index (χ1) is 14.3. The van der Waals surface area contributed by atoms with E-state index in [4.69, 9.17) is 39.5 Å². The lowest BCUT2D eigenvalue weighted by Crippen LogP contribution is -2.21. The first-order valence-electron chi connectivity index (χ1n) is 8.58. The highest BCUT2D eigenvalue weighted by molar-refractivity contribution is 8.00. The van der Waals surface area contributed by atoms with Crippen molar-refractivity contribution in [3.8, 4) is 11.3 Å². The van der Waals surface area contributed by atoms with E-state index in [-0.39, 0.29) is 15.8 Å². The summed E-state index contributed by atoms with van der Waals surface area (Å²) in [5.41, 5.74) is 2.88. The topological polar surface area (TPSA) is 68.3 Å². The number of thioether (sulfide) groups is 1. The molecule has 0 saturated heterocycles. The van der Waals surface area contributed by atoms with Crippen LogP contribution in [0.25, 0.3) is 11.3 Å². The number of ether oxygens (including phenoxy) is 1. The fourth-order valence-electron chi connectivity index (χ4n) is 2.29. The lowest BCUT2D eigenvalue weighted by atomic mass is 10.1. The van der Waals surface area contributed by atoms with Gasteiger partial charge in [-0.05, 0) is 19.1 Å². The van der Waals surface area contributed by atoms with Crippen LogP contribution >= 0.6 is 57.9 Å². The Balaban J connectivity index is 1.46. The number of nitrogens with zero attached hydrogens (tertiary/aromatic N) is 1. The number of amides is 1. The lowest BCUT2D eigenvalue weighted by Gasteiger charge is -2.07. The van der Waals surface area contributed by atoms with Crippen molar-refractivity contribution in [3.05, 3.63) is 62.4 Å². The van der Waals surface area contributed by atoms with E-state index in [0.717, 1.165) is 28.6 Å². The lowest BCUT2D eigenvalue weighted by molar-refractivity contribution is -0.144. The monoisotopic (exact) mass is 500 g/mol. The number of anilines is 1. The van der Waals surface area contributed by atoms with Crippen LogP contribution in [-0.4, -0.2) is 29.2 Å². The summed E-state index contributed by atoms with van der Waals surface area (Å²) < 4.78 is 5.00. The van der Waals surface area contributed by atoms with Gasteiger partial charge < -0.3 is 4.74 Å². The van der Waals surface area contributed by atoms with Crippen molar-refractivity contribution >= 4 is 74.9 Å². The molecule has 0 aliphatic rings. The van der Waals surface area contributed by atoms with Crippen molar-refractivity contribution in [2.75, 3.05) is 17.7 Å². The molecule has 0 fully saturated rings. The second kappa shape index (κ2) is 10.5. The largest absolute Gasteiger partial charge is 0.455 e. The molecule has 1 N–H and O–H groups in total. The van der Waals surface area contributed by atoms with Crippen LogP contribution in [0.4, 0.5) is 5.13 Å². The summed E-state index contributed by atoms with van der Waals surface area (Å²) in [6.45, 7) is 1.60. The maximum absolute atomic E-state index is 12.0. The highest BCUT2D eigenvalue weighted by Gasteiger charge is 2.14. The molecule has 0 saturated carbocycles. The van der Waals surface area contributed by atoms with Crippen LogP contribution in [0.1, 0.15) is 5.56 Å². The first-order valence-corrected chi connectivity index (χ1v) is 11.6. The van der Waals surface area contributed by atoms with E-state index < -0.39 is 18.5 Å². The Morgan fingerprint density at radius 3 is 2.57 bits per heavy atom. The number of aryl methyl sites for hydroxylation is 1. The fourth-order valence-corrected chi connectivity index (χ4v) is 4.53. The molecule has 5 nitrogen and oxygen atoms in total. The molecule has 30 heavy (non-hydrogen) atoms. The van der Waals surface area contributed by atoms with E-state index >= 15 is 0 Å². The summed E-state index contributed by atoms with van der Waals surface area (Å²) in [6.07, 6.45) is 0. The van der Waals surface area contributed by atoms with Gasteiger partial charge in [-0.15, -0.1) is 23.1 Å². The van der Waals surface area contributed by atoms with Crippen LogP contribution in [0.5, 0.6) is 0 Å². The van der Waals surface area contributed by atoms with Gasteiger partial charge in [0.1, 0.15) is 0 Å². The summed E-state index contributed by atoms with van der Waals surface area (Å²) in [5, 5.41) is 5.74. The van der Waals surface area contributed by atoms with Crippen LogP contribution in [-0.2, 0) is 14.3 Å². The van der Waals surface area contributed by atoms with Gasteiger partial charge in [0.25, 0.3) is 5.91 Å². The number of hydrogen-bond acceptors (Lipinski definition) is 6. The molecule has 3 aromatic rings. The molecule has 156 valence electrons. The summed E-state index contributed by atoms with van der Waals surface area (Å²) >= 11 is 20.4. The maximum Gasteiger partial charge on any atom is 0.316 e. The van der Waals surface area contributed by atoms with Crippen molar-refractivity contribution in [2.24, 2.45) is 0 Å². The van der Waals surface area contributed by atoms with Gasteiger partial charge in [0.05, 0.1) is 26.5 Å². The standard InChI is InChI=1S/C20H15Cl3N2O3S2/c1-11-2-4-12(5-3-11)14-9-30-20(24-14)25-16(26)8-28-17(27)10-29-15-7-6-13(21)18(22)19(15)23/h2-7,9H,8,10H2,1H3,(H,24,25,26). The first kappa shape index (κ1) is 22.9. The second-order valence-electron chi connectivity index (χ2n) is 6.07. The van der Waals surface area contributed by atoms with E-state index in [1.165, 1.54) is 11.3 Å². The smallest absolute Gasteiger partial charge is 0.316 e. The number of hydrogen-bond donors (Lipinski definition) is 1. The molecular formula is C20H15Cl3N2O3S2. The molecule has 1 amide bonds. The zero-order chi connectivity index (χ0) is 21.7. The molecule has 10 heteroatoms. The fraction of sp³-hybridized carbons (Fsp3) is 0.150. The highest BCUT2D eigenvalue weighted by atomic mass is 35.5. The number of halogens is 3. The third-order valence-corrected chi connectivity index (χ3v) is 7.00. The van der Waals surface area contributed by atoms with Gasteiger partial charge in [-0.1, -0.05) is 64.6 Å². The summed E-state index contributed by atoms with van der Waals surface area (Å²) in [4.78, 5) is 28.9. The molecule has 0 aliphatic carbocycles. The van der Waals surface area contributed by atoms with Crippen molar-refractivity contribution in [1.29, 1.82) is 0 Å². The van der Waals surface area contributed by atoms with Gasteiger partial charge >= 0.3 is 5.97 Å². The second-order valence-corrected chi connectivity index (χ2v) is 9.11. The minimum absolute atomic E-state index is 0.0280. The number of esters is 1. The van der Waals surface area contributed by atoms with Gasteiger partial charge in [0.15, 0.2) is 11.7 Å². The average molecular weight is 502 g/mol. The van der Waals surface area contributed by atoms with Crippen LogP contribution in [0.15, 0.2) is 46.7 Å². The summed E-state index contributed by atoms with van der Waals surface area (Å²) in [7, 11) is 0. The Labute approximate surface area is 196 Å². The third-order valence-electron chi connectivity index (χ3n) is 3.81. The molecule has 0 aliphatic heterocycles. The number of rotatable bonds is 7. The van der Waals surface area contributed by atoms with Crippen molar-refractivity contribution < 1.29 is 14.3 Å². The van der Waals surface area contributed by atoms with Gasteiger partial charge in [0, 0.05) is 15.8 Å². The average Bonchev–Trinajstić information content (AvgIpc) is 3.19. The normalized spacial score (nSPS) is 10.7. The van der Waals surface area contributed by atoms with Crippen molar-refractivity contribution in [3.63, 3.8) is 0 Å².